The first kappa shape index (κ1) is 12.3. The molecule has 2 nitrogen and oxygen atoms in total. The monoisotopic (exact) mass is 271 g/mol. The summed E-state index contributed by atoms with van der Waals surface area (Å²) in [6, 6.07) is 15.8. The predicted octanol–water partition coefficient (Wildman–Crippen LogP) is 3.54. The van der Waals surface area contributed by atoms with Gasteiger partial charge in [-0.1, -0.05) is 41.9 Å². The molecule has 1 aliphatic heterocycles. The number of halogens is 1. The lowest BCUT2D eigenvalue weighted by molar-refractivity contribution is 0.222. The summed E-state index contributed by atoms with van der Waals surface area (Å²) in [6.45, 7) is 0. The molecule has 0 aliphatic carbocycles. The van der Waals surface area contributed by atoms with E-state index in [1.807, 2.05) is 66.6 Å². The molecule has 0 amide bonds. The van der Waals surface area contributed by atoms with E-state index in [0.717, 1.165) is 22.4 Å². The van der Waals surface area contributed by atoms with Gasteiger partial charge in [0, 0.05) is 23.3 Å². The lowest BCUT2D eigenvalue weighted by Crippen LogP contribution is -2.33. The lowest BCUT2D eigenvalue weighted by Gasteiger charge is -2.32. The van der Waals surface area contributed by atoms with Gasteiger partial charge < -0.3 is 10.0 Å². The van der Waals surface area contributed by atoms with Gasteiger partial charge in [0.15, 0.2) is 0 Å². The van der Waals surface area contributed by atoms with E-state index >= 15 is 0 Å². The van der Waals surface area contributed by atoms with Gasteiger partial charge in [-0.15, -0.1) is 0 Å². The molecule has 0 aromatic heterocycles. The minimum absolute atomic E-state index is 0.621. The average molecular weight is 272 g/mol. The van der Waals surface area contributed by atoms with Crippen LogP contribution in [0.1, 0.15) is 11.1 Å². The Labute approximate surface area is 117 Å². The van der Waals surface area contributed by atoms with Gasteiger partial charge >= 0.3 is 0 Å². The molecule has 3 rings (SSSR count). The van der Waals surface area contributed by atoms with Crippen LogP contribution in [0.2, 0.25) is 5.02 Å². The van der Waals surface area contributed by atoms with Crippen LogP contribution in [-0.4, -0.2) is 18.4 Å². The van der Waals surface area contributed by atoms with Crippen LogP contribution in [-0.2, 0) is 0 Å². The maximum Gasteiger partial charge on any atom is 0.146 e. The summed E-state index contributed by atoms with van der Waals surface area (Å²) in [5, 5.41) is 10.8. The van der Waals surface area contributed by atoms with E-state index < -0.39 is 6.23 Å². The van der Waals surface area contributed by atoms with Crippen LogP contribution in [0.3, 0.4) is 0 Å². The van der Waals surface area contributed by atoms with Crippen molar-refractivity contribution < 1.29 is 5.11 Å². The molecule has 2 aromatic rings. The van der Waals surface area contributed by atoms with E-state index in [0.29, 0.717) is 5.02 Å². The van der Waals surface area contributed by atoms with Crippen LogP contribution in [0.4, 0.5) is 5.69 Å². The number of hydrogen-bond donors (Lipinski definition) is 1. The molecular formula is C16H14ClNO. The van der Waals surface area contributed by atoms with Crippen molar-refractivity contribution >= 4 is 22.9 Å². The van der Waals surface area contributed by atoms with Gasteiger partial charge in [-0.3, -0.25) is 0 Å². The number of hydrogen-bond acceptors (Lipinski definition) is 2. The molecule has 0 radical (unpaired) electrons. The first-order valence-electron chi connectivity index (χ1n) is 6.15. The van der Waals surface area contributed by atoms with Crippen LogP contribution in [0, 0.1) is 0 Å². The Morgan fingerprint density at radius 1 is 1.11 bits per heavy atom. The van der Waals surface area contributed by atoms with Crippen LogP contribution < -0.4 is 4.90 Å². The topological polar surface area (TPSA) is 23.5 Å². The molecule has 1 atom stereocenters. The maximum absolute atomic E-state index is 10.1. The van der Waals surface area contributed by atoms with E-state index in [1.54, 1.807) is 0 Å². The molecule has 19 heavy (non-hydrogen) atoms. The molecule has 2 aromatic carbocycles. The Kier molecular flexibility index (Phi) is 3.05. The zero-order valence-corrected chi connectivity index (χ0v) is 11.3. The summed E-state index contributed by atoms with van der Waals surface area (Å²) in [7, 11) is 1.87. The molecule has 1 N–H and O–H groups in total. The fourth-order valence-electron chi connectivity index (χ4n) is 2.39. The second kappa shape index (κ2) is 4.72. The minimum atomic E-state index is -0.621. The second-order valence-corrected chi connectivity index (χ2v) is 5.07. The van der Waals surface area contributed by atoms with Crippen LogP contribution in [0.25, 0.3) is 5.57 Å². The van der Waals surface area contributed by atoms with Crippen molar-refractivity contribution in [3.05, 3.63) is 70.8 Å². The van der Waals surface area contributed by atoms with E-state index in [-0.39, 0.29) is 0 Å². The zero-order valence-electron chi connectivity index (χ0n) is 10.5. The van der Waals surface area contributed by atoms with Crippen molar-refractivity contribution in [3.8, 4) is 0 Å². The second-order valence-electron chi connectivity index (χ2n) is 4.63. The van der Waals surface area contributed by atoms with E-state index in [1.165, 1.54) is 0 Å². The van der Waals surface area contributed by atoms with Gasteiger partial charge in [0.25, 0.3) is 0 Å². The Morgan fingerprint density at radius 2 is 1.84 bits per heavy atom. The number of anilines is 1. The smallest absolute Gasteiger partial charge is 0.146 e. The van der Waals surface area contributed by atoms with E-state index in [9.17, 15) is 5.11 Å². The van der Waals surface area contributed by atoms with Crippen molar-refractivity contribution in [3.63, 3.8) is 0 Å². The number of rotatable bonds is 1. The minimum Gasteiger partial charge on any atom is -0.370 e. The highest BCUT2D eigenvalue weighted by Crippen LogP contribution is 2.37. The number of nitrogens with zero attached hydrogens (tertiary/aromatic N) is 1. The molecule has 96 valence electrons. The molecule has 3 heteroatoms. The fraction of sp³-hybridized carbons (Fsp3) is 0.125. The van der Waals surface area contributed by atoms with Crippen molar-refractivity contribution in [2.24, 2.45) is 0 Å². The summed E-state index contributed by atoms with van der Waals surface area (Å²) in [5.74, 6) is 0. The number of fused-ring (bicyclic) bond motifs is 1. The van der Waals surface area contributed by atoms with Gasteiger partial charge in [-0.05, 0) is 35.4 Å². The standard InChI is InChI=1S/C16H14ClNO/c1-18-15-8-7-12(17)9-14(15)13(10-16(18)19)11-5-3-2-4-6-11/h2-10,16,19H,1H3. The van der Waals surface area contributed by atoms with Crippen LogP contribution >= 0.6 is 11.6 Å². The largest absolute Gasteiger partial charge is 0.370 e. The highest BCUT2D eigenvalue weighted by atomic mass is 35.5. The third-order valence-corrected chi connectivity index (χ3v) is 3.66. The Hall–Kier alpha value is -1.77. The van der Waals surface area contributed by atoms with Crippen molar-refractivity contribution in [1.29, 1.82) is 0 Å². The van der Waals surface area contributed by atoms with E-state index in [4.69, 9.17) is 11.6 Å². The Bertz CT molecular complexity index is 636. The molecular weight excluding hydrogens is 258 g/mol. The molecule has 0 saturated carbocycles. The highest BCUT2D eigenvalue weighted by Gasteiger charge is 2.23. The first-order valence-corrected chi connectivity index (χ1v) is 6.52. The third kappa shape index (κ3) is 2.14. The Balaban J connectivity index is 2.21. The van der Waals surface area contributed by atoms with Gasteiger partial charge in [0.1, 0.15) is 6.23 Å². The predicted molar refractivity (Wildman–Crippen MR) is 79.4 cm³/mol. The van der Waals surface area contributed by atoms with Gasteiger partial charge in [0.2, 0.25) is 0 Å². The first-order chi connectivity index (χ1) is 9.16. The third-order valence-electron chi connectivity index (χ3n) is 3.43. The number of likely N-dealkylation sites (N-methyl/N-ethyl adjacent to an activating group) is 1. The summed E-state index contributed by atoms with van der Waals surface area (Å²) < 4.78 is 0. The molecule has 1 heterocycles. The number of aliphatic hydroxyl groups excluding tert-OH is 1. The number of benzene rings is 2. The summed E-state index contributed by atoms with van der Waals surface area (Å²) in [5.41, 5.74) is 4.13. The van der Waals surface area contributed by atoms with Gasteiger partial charge in [-0.2, -0.15) is 0 Å². The van der Waals surface area contributed by atoms with Gasteiger partial charge in [-0.25, -0.2) is 0 Å². The molecule has 1 aliphatic rings. The Morgan fingerprint density at radius 3 is 2.58 bits per heavy atom. The zero-order chi connectivity index (χ0) is 13.4. The van der Waals surface area contributed by atoms with Crippen molar-refractivity contribution in [2.45, 2.75) is 6.23 Å². The molecule has 0 saturated heterocycles. The molecule has 0 fully saturated rings. The van der Waals surface area contributed by atoms with E-state index in [2.05, 4.69) is 0 Å². The summed E-state index contributed by atoms with van der Waals surface area (Å²) >= 11 is 6.11. The summed E-state index contributed by atoms with van der Waals surface area (Å²) in [6.07, 6.45) is 1.23. The molecule has 0 bridgehead atoms. The number of aliphatic hydroxyl groups is 1. The van der Waals surface area contributed by atoms with Crippen molar-refractivity contribution in [2.75, 3.05) is 11.9 Å². The quantitative estimate of drug-likeness (QED) is 0.858. The van der Waals surface area contributed by atoms with Gasteiger partial charge in [0.05, 0.1) is 0 Å². The SMILES string of the molecule is CN1c2ccc(Cl)cc2C(c2ccccc2)=CC1O. The molecule has 1 unspecified atom stereocenters. The van der Waals surface area contributed by atoms with Crippen LogP contribution in [0.15, 0.2) is 54.6 Å². The average Bonchev–Trinajstić information content (AvgIpc) is 2.43. The normalized spacial score (nSPS) is 17.9. The highest BCUT2D eigenvalue weighted by molar-refractivity contribution is 6.31. The van der Waals surface area contributed by atoms with Crippen LogP contribution in [0.5, 0.6) is 0 Å². The molecule has 0 spiro atoms. The maximum atomic E-state index is 10.1. The lowest BCUT2D eigenvalue weighted by atomic mass is 9.93. The van der Waals surface area contributed by atoms with Crippen molar-refractivity contribution in [1.82, 2.24) is 0 Å². The summed E-state index contributed by atoms with van der Waals surface area (Å²) in [4.78, 5) is 1.83. The fourth-order valence-corrected chi connectivity index (χ4v) is 2.57.